The summed E-state index contributed by atoms with van der Waals surface area (Å²) in [5.41, 5.74) is 1.09. The van der Waals surface area contributed by atoms with Crippen molar-refractivity contribution < 1.29 is 19.1 Å². The first-order valence-electron chi connectivity index (χ1n) is 6.70. The summed E-state index contributed by atoms with van der Waals surface area (Å²) >= 11 is 0. The van der Waals surface area contributed by atoms with Gasteiger partial charge in [0.05, 0.1) is 19.6 Å². The van der Waals surface area contributed by atoms with Crippen LogP contribution in [-0.2, 0) is 14.3 Å². The number of benzene rings is 1. The van der Waals surface area contributed by atoms with Gasteiger partial charge in [0.25, 0.3) is 0 Å². The number of likely N-dealkylation sites (N-methyl/N-ethyl adjacent to an activating group) is 1. The van der Waals surface area contributed by atoms with E-state index in [2.05, 4.69) is 15.4 Å². The molecule has 0 aromatic heterocycles. The van der Waals surface area contributed by atoms with Crippen LogP contribution in [0.2, 0.25) is 0 Å². The molecule has 1 unspecified atom stereocenters. The number of amides is 1. The number of Topliss-reactive ketones (excluding diaryl/α,β-unsaturated/α-hetero) is 1. The molecule has 0 radical (unpaired) electrons. The van der Waals surface area contributed by atoms with Crippen LogP contribution in [0.3, 0.4) is 0 Å². The van der Waals surface area contributed by atoms with Crippen molar-refractivity contribution in [2.24, 2.45) is 0 Å². The summed E-state index contributed by atoms with van der Waals surface area (Å²) in [4.78, 5) is 34.6. The van der Waals surface area contributed by atoms with E-state index in [1.165, 1.54) is 14.0 Å². The number of hydrogen-bond donors (Lipinski definition) is 2. The van der Waals surface area contributed by atoms with Crippen LogP contribution in [0.5, 0.6) is 0 Å². The Kier molecular flexibility index (Phi) is 6.55. The molecule has 0 aliphatic heterocycles. The zero-order valence-corrected chi connectivity index (χ0v) is 12.4. The summed E-state index contributed by atoms with van der Waals surface area (Å²) < 4.78 is 4.60. The van der Waals surface area contributed by atoms with Gasteiger partial charge in [-0.15, -0.1) is 0 Å². The molecule has 0 aliphatic carbocycles. The normalized spacial score (nSPS) is 11.6. The van der Waals surface area contributed by atoms with Crippen LogP contribution < -0.4 is 10.6 Å². The average Bonchev–Trinajstić information content (AvgIpc) is 2.46. The van der Waals surface area contributed by atoms with E-state index in [1.807, 2.05) is 6.92 Å². The maximum Gasteiger partial charge on any atom is 0.307 e. The summed E-state index contributed by atoms with van der Waals surface area (Å²) in [5, 5.41) is 5.60. The van der Waals surface area contributed by atoms with Gasteiger partial charge in [0.2, 0.25) is 5.91 Å². The minimum Gasteiger partial charge on any atom is -0.469 e. The number of nitrogens with one attached hydrogen (secondary N) is 2. The first kappa shape index (κ1) is 16.8. The molecule has 0 heterocycles. The molecule has 1 rings (SSSR count). The van der Waals surface area contributed by atoms with Gasteiger partial charge in [-0.1, -0.05) is 6.92 Å². The molecule has 1 atom stereocenters. The maximum atomic E-state index is 12.4. The van der Waals surface area contributed by atoms with Gasteiger partial charge in [0.1, 0.15) is 0 Å². The second-order valence-corrected chi connectivity index (χ2v) is 4.51. The molecule has 6 nitrogen and oxygen atoms in total. The molecule has 0 saturated carbocycles. The van der Waals surface area contributed by atoms with E-state index < -0.39 is 12.0 Å². The van der Waals surface area contributed by atoms with E-state index in [-0.39, 0.29) is 18.1 Å². The zero-order chi connectivity index (χ0) is 15.8. The first-order chi connectivity index (χ1) is 9.97. The summed E-state index contributed by atoms with van der Waals surface area (Å²) in [6.45, 7) is 3.84. The first-order valence-corrected chi connectivity index (χ1v) is 6.70. The zero-order valence-electron chi connectivity index (χ0n) is 12.4. The van der Waals surface area contributed by atoms with Crippen molar-refractivity contribution in [3.8, 4) is 0 Å². The lowest BCUT2D eigenvalue weighted by atomic mass is 10.0. The van der Waals surface area contributed by atoms with Crippen molar-refractivity contribution in [3.05, 3.63) is 29.8 Å². The van der Waals surface area contributed by atoms with E-state index in [0.29, 0.717) is 17.8 Å². The molecule has 0 fully saturated rings. The van der Waals surface area contributed by atoms with E-state index in [9.17, 15) is 14.4 Å². The lowest BCUT2D eigenvalue weighted by Crippen LogP contribution is -2.38. The molecule has 1 aromatic carbocycles. The lowest BCUT2D eigenvalue weighted by molar-refractivity contribution is -0.141. The summed E-state index contributed by atoms with van der Waals surface area (Å²) in [7, 11) is 1.29. The van der Waals surface area contributed by atoms with Crippen LogP contribution in [0.4, 0.5) is 5.69 Å². The van der Waals surface area contributed by atoms with Gasteiger partial charge in [-0.05, 0) is 30.8 Å². The Morgan fingerprint density at radius 3 is 2.29 bits per heavy atom. The fraction of sp³-hybridized carbons (Fsp3) is 0.400. The van der Waals surface area contributed by atoms with E-state index in [1.54, 1.807) is 24.3 Å². The quantitative estimate of drug-likeness (QED) is 0.585. The Bertz CT molecular complexity index is 511. The Hall–Kier alpha value is -2.21. The Labute approximate surface area is 123 Å². The number of methoxy groups -OCH3 is 1. The number of ketones is 1. The van der Waals surface area contributed by atoms with Crippen molar-refractivity contribution >= 4 is 23.3 Å². The predicted molar refractivity (Wildman–Crippen MR) is 79.2 cm³/mol. The standard InChI is InChI=1S/C15H20N2O4/c1-4-16-13(9-14(19)21-3)15(20)11-5-7-12(8-6-11)17-10(2)18/h5-8,13,16H,4,9H2,1-3H3,(H,17,18). The van der Waals surface area contributed by atoms with Crippen LogP contribution in [0.25, 0.3) is 0 Å². The van der Waals surface area contributed by atoms with Gasteiger partial charge in [-0.2, -0.15) is 0 Å². The van der Waals surface area contributed by atoms with E-state index in [0.717, 1.165) is 0 Å². The molecule has 0 saturated heterocycles. The number of carbonyl (C=O) groups excluding carboxylic acids is 3. The van der Waals surface area contributed by atoms with Crippen molar-refractivity contribution in [3.63, 3.8) is 0 Å². The SMILES string of the molecule is CCNC(CC(=O)OC)C(=O)c1ccc(NC(C)=O)cc1. The summed E-state index contributed by atoms with van der Waals surface area (Å²) in [6.07, 6.45) is -0.0172. The van der Waals surface area contributed by atoms with Crippen LogP contribution in [0.1, 0.15) is 30.6 Å². The highest BCUT2D eigenvalue weighted by molar-refractivity contribution is 6.02. The molecule has 21 heavy (non-hydrogen) atoms. The Morgan fingerprint density at radius 1 is 1.19 bits per heavy atom. The number of carbonyl (C=O) groups is 3. The fourth-order valence-corrected chi connectivity index (χ4v) is 1.88. The molecule has 1 amide bonds. The smallest absolute Gasteiger partial charge is 0.307 e. The van der Waals surface area contributed by atoms with Crippen LogP contribution in [0.15, 0.2) is 24.3 Å². The topological polar surface area (TPSA) is 84.5 Å². The molecule has 0 bridgehead atoms. The average molecular weight is 292 g/mol. The monoisotopic (exact) mass is 292 g/mol. The Morgan fingerprint density at radius 2 is 1.81 bits per heavy atom. The molecular weight excluding hydrogens is 272 g/mol. The molecule has 0 aliphatic rings. The lowest BCUT2D eigenvalue weighted by Gasteiger charge is -2.15. The third kappa shape index (κ3) is 5.35. The summed E-state index contributed by atoms with van der Waals surface area (Å²) in [5.74, 6) is -0.800. The minimum absolute atomic E-state index is 0.0172. The minimum atomic E-state index is -0.617. The number of rotatable bonds is 7. The van der Waals surface area contributed by atoms with Crippen molar-refractivity contribution in [2.75, 3.05) is 19.0 Å². The fourth-order valence-electron chi connectivity index (χ4n) is 1.88. The molecule has 6 heteroatoms. The van der Waals surface area contributed by atoms with Gasteiger partial charge in [0, 0.05) is 18.2 Å². The van der Waals surface area contributed by atoms with E-state index in [4.69, 9.17) is 0 Å². The van der Waals surface area contributed by atoms with Gasteiger partial charge >= 0.3 is 5.97 Å². The highest BCUT2D eigenvalue weighted by atomic mass is 16.5. The Balaban J connectivity index is 2.82. The van der Waals surface area contributed by atoms with Gasteiger partial charge in [-0.25, -0.2) is 0 Å². The maximum absolute atomic E-state index is 12.4. The van der Waals surface area contributed by atoms with Crippen LogP contribution in [0, 0.1) is 0 Å². The highest BCUT2D eigenvalue weighted by Gasteiger charge is 2.22. The van der Waals surface area contributed by atoms with Crippen molar-refractivity contribution in [1.29, 1.82) is 0 Å². The third-order valence-corrected chi connectivity index (χ3v) is 2.86. The molecule has 2 N–H and O–H groups in total. The van der Waals surface area contributed by atoms with Crippen molar-refractivity contribution in [1.82, 2.24) is 5.32 Å². The molecule has 114 valence electrons. The number of hydrogen-bond acceptors (Lipinski definition) is 5. The van der Waals surface area contributed by atoms with Gasteiger partial charge in [-0.3, -0.25) is 14.4 Å². The van der Waals surface area contributed by atoms with Crippen LogP contribution >= 0.6 is 0 Å². The summed E-state index contributed by atoms with van der Waals surface area (Å²) in [6, 6.07) is 5.92. The van der Waals surface area contributed by atoms with Crippen molar-refractivity contribution in [2.45, 2.75) is 26.3 Å². The second-order valence-electron chi connectivity index (χ2n) is 4.51. The molecular formula is C15H20N2O4. The third-order valence-electron chi connectivity index (χ3n) is 2.86. The van der Waals surface area contributed by atoms with Gasteiger partial charge < -0.3 is 15.4 Å². The highest BCUT2D eigenvalue weighted by Crippen LogP contribution is 2.12. The molecule has 0 spiro atoms. The number of ether oxygens (including phenoxy) is 1. The predicted octanol–water partition coefficient (Wildman–Crippen LogP) is 1.37. The van der Waals surface area contributed by atoms with Gasteiger partial charge in [0.15, 0.2) is 5.78 Å². The number of anilines is 1. The largest absolute Gasteiger partial charge is 0.469 e. The van der Waals surface area contributed by atoms with E-state index >= 15 is 0 Å². The molecule has 1 aromatic rings. The van der Waals surface area contributed by atoms with Crippen LogP contribution in [-0.4, -0.2) is 37.4 Å². The number of esters is 1. The second kappa shape index (κ2) is 8.16.